The molecule has 2 aromatic rings. The van der Waals surface area contributed by atoms with Gasteiger partial charge in [-0.15, -0.1) is 11.8 Å². The molecule has 130 valence electrons. The standard InChI is InChI=1S/C20H23N3OS/c1-22(2)13-11-17-12-14-23(18-5-3-4-6-19(18)25-17)20(24)15-7-9-16(21)10-8-15/h3-10,12,14,17H,11,13,21H2,1-2H3. The molecule has 1 unspecified atom stereocenters. The van der Waals surface area contributed by atoms with Crippen LogP contribution in [0.15, 0.2) is 65.7 Å². The molecule has 1 amide bonds. The van der Waals surface area contributed by atoms with Crippen molar-refractivity contribution in [3.8, 4) is 0 Å². The van der Waals surface area contributed by atoms with Crippen LogP contribution in [0.3, 0.4) is 0 Å². The fourth-order valence-corrected chi connectivity index (χ4v) is 3.85. The van der Waals surface area contributed by atoms with Gasteiger partial charge in [0.15, 0.2) is 0 Å². The van der Waals surface area contributed by atoms with Crippen molar-refractivity contribution in [3.05, 3.63) is 66.4 Å². The molecule has 0 spiro atoms. The second kappa shape index (κ2) is 7.76. The molecule has 0 aliphatic carbocycles. The van der Waals surface area contributed by atoms with E-state index in [1.807, 2.05) is 36.2 Å². The lowest BCUT2D eigenvalue weighted by atomic mass is 10.1. The number of carbonyl (C=O) groups excluding carboxylic acids is 1. The van der Waals surface area contributed by atoms with Gasteiger partial charge in [-0.05, 0) is 63.5 Å². The zero-order valence-electron chi connectivity index (χ0n) is 14.6. The van der Waals surface area contributed by atoms with Gasteiger partial charge in [0, 0.05) is 27.6 Å². The van der Waals surface area contributed by atoms with Gasteiger partial charge in [0.05, 0.1) is 5.69 Å². The van der Waals surface area contributed by atoms with Crippen LogP contribution in [0.1, 0.15) is 16.8 Å². The summed E-state index contributed by atoms with van der Waals surface area (Å²) in [7, 11) is 4.16. The van der Waals surface area contributed by atoms with E-state index in [4.69, 9.17) is 5.73 Å². The molecule has 1 heterocycles. The number of nitrogen functional groups attached to an aromatic ring is 1. The minimum Gasteiger partial charge on any atom is -0.399 e. The Morgan fingerprint density at radius 2 is 1.88 bits per heavy atom. The van der Waals surface area contributed by atoms with Crippen molar-refractivity contribution >= 4 is 29.0 Å². The number of amides is 1. The van der Waals surface area contributed by atoms with Gasteiger partial charge in [0.25, 0.3) is 5.91 Å². The Hall–Kier alpha value is -2.24. The van der Waals surface area contributed by atoms with E-state index in [9.17, 15) is 4.79 Å². The maximum atomic E-state index is 13.0. The molecule has 1 aliphatic rings. The summed E-state index contributed by atoms with van der Waals surface area (Å²) >= 11 is 1.81. The number of benzene rings is 2. The van der Waals surface area contributed by atoms with Crippen molar-refractivity contribution in [2.45, 2.75) is 16.6 Å². The first-order valence-electron chi connectivity index (χ1n) is 8.32. The predicted octanol–water partition coefficient (Wildman–Crippen LogP) is 3.86. The molecular formula is C20H23N3OS. The largest absolute Gasteiger partial charge is 0.399 e. The second-order valence-corrected chi connectivity index (χ2v) is 7.64. The van der Waals surface area contributed by atoms with Crippen molar-refractivity contribution in [2.75, 3.05) is 31.3 Å². The zero-order chi connectivity index (χ0) is 17.8. The van der Waals surface area contributed by atoms with Crippen LogP contribution < -0.4 is 10.6 Å². The van der Waals surface area contributed by atoms with E-state index in [1.54, 1.807) is 29.2 Å². The van der Waals surface area contributed by atoms with E-state index in [0.717, 1.165) is 23.5 Å². The minimum absolute atomic E-state index is 0.0439. The molecule has 2 N–H and O–H groups in total. The molecule has 0 aromatic heterocycles. The third kappa shape index (κ3) is 4.24. The Kier molecular flexibility index (Phi) is 5.46. The van der Waals surface area contributed by atoms with Crippen LogP contribution in [-0.4, -0.2) is 36.7 Å². The molecule has 0 saturated heterocycles. The Morgan fingerprint density at radius 1 is 1.16 bits per heavy atom. The van der Waals surface area contributed by atoms with Crippen molar-refractivity contribution in [3.63, 3.8) is 0 Å². The minimum atomic E-state index is -0.0439. The molecular weight excluding hydrogens is 330 g/mol. The number of hydrogen-bond acceptors (Lipinski definition) is 4. The first-order valence-corrected chi connectivity index (χ1v) is 9.20. The number of hydrogen-bond donors (Lipinski definition) is 1. The van der Waals surface area contributed by atoms with E-state index < -0.39 is 0 Å². The Bertz CT molecular complexity index is 771. The number of rotatable bonds is 4. The molecule has 0 bridgehead atoms. The number of carbonyl (C=O) groups is 1. The Labute approximate surface area is 153 Å². The lowest BCUT2D eigenvalue weighted by molar-refractivity contribution is 0.0997. The quantitative estimate of drug-likeness (QED) is 0.848. The van der Waals surface area contributed by atoms with Gasteiger partial charge in [-0.3, -0.25) is 9.69 Å². The number of para-hydroxylation sites is 1. The predicted molar refractivity (Wildman–Crippen MR) is 106 cm³/mol. The molecule has 2 aromatic carbocycles. The van der Waals surface area contributed by atoms with Crippen molar-refractivity contribution in [2.24, 2.45) is 0 Å². The molecule has 0 saturated carbocycles. The normalized spacial score (nSPS) is 16.6. The zero-order valence-corrected chi connectivity index (χ0v) is 15.4. The van der Waals surface area contributed by atoms with E-state index in [0.29, 0.717) is 16.5 Å². The van der Waals surface area contributed by atoms with Crippen LogP contribution in [0.25, 0.3) is 0 Å². The van der Waals surface area contributed by atoms with E-state index in [2.05, 4.69) is 31.1 Å². The van der Waals surface area contributed by atoms with E-state index >= 15 is 0 Å². The first kappa shape index (κ1) is 17.6. The Balaban J connectivity index is 1.91. The second-order valence-electron chi connectivity index (χ2n) is 6.35. The molecule has 25 heavy (non-hydrogen) atoms. The monoisotopic (exact) mass is 353 g/mol. The molecule has 3 rings (SSSR count). The van der Waals surface area contributed by atoms with Crippen LogP contribution >= 0.6 is 11.8 Å². The van der Waals surface area contributed by atoms with Gasteiger partial charge < -0.3 is 10.6 Å². The topological polar surface area (TPSA) is 49.6 Å². The summed E-state index contributed by atoms with van der Waals surface area (Å²) in [6.07, 6.45) is 5.08. The summed E-state index contributed by atoms with van der Waals surface area (Å²) in [5.41, 5.74) is 7.95. The van der Waals surface area contributed by atoms with Crippen molar-refractivity contribution in [1.82, 2.24) is 4.90 Å². The maximum absolute atomic E-state index is 13.0. The molecule has 0 radical (unpaired) electrons. The van der Waals surface area contributed by atoms with E-state index in [1.165, 1.54) is 0 Å². The number of nitrogens with two attached hydrogens (primary N) is 1. The van der Waals surface area contributed by atoms with E-state index in [-0.39, 0.29) is 5.91 Å². The van der Waals surface area contributed by atoms with Gasteiger partial charge in [-0.2, -0.15) is 0 Å². The molecule has 1 aliphatic heterocycles. The smallest absolute Gasteiger partial charge is 0.262 e. The summed E-state index contributed by atoms with van der Waals surface area (Å²) in [5, 5.41) is 0.341. The molecule has 4 nitrogen and oxygen atoms in total. The number of anilines is 2. The van der Waals surface area contributed by atoms with Gasteiger partial charge >= 0.3 is 0 Å². The highest BCUT2D eigenvalue weighted by atomic mass is 32.2. The summed E-state index contributed by atoms with van der Waals surface area (Å²) in [6, 6.07) is 15.1. The highest BCUT2D eigenvalue weighted by molar-refractivity contribution is 8.00. The van der Waals surface area contributed by atoms with Gasteiger partial charge in [-0.1, -0.05) is 18.2 Å². The average Bonchev–Trinajstić information content (AvgIpc) is 2.79. The lowest BCUT2D eigenvalue weighted by Gasteiger charge is -2.20. The van der Waals surface area contributed by atoms with Crippen molar-refractivity contribution < 1.29 is 4.79 Å². The summed E-state index contributed by atoms with van der Waals surface area (Å²) in [5.74, 6) is -0.0439. The highest BCUT2D eigenvalue weighted by Crippen LogP contribution is 2.38. The third-order valence-electron chi connectivity index (χ3n) is 4.09. The van der Waals surface area contributed by atoms with Crippen LogP contribution in [0.4, 0.5) is 11.4 Å². The van der Waals surface area contributed by atoms with Gasteiger partial charge in [0.1, 0.15) is 0 Å². The Morgan fingerprint density at radius 3 is 2.60 bits per heavy atom. The number of nitrogens with zero attached hydrogens (tertiary/aromatic N) is 2. The SMILES string of the molecule is CN(C)CCC1C=CN(C(=O)c2ccc(N)cc2)c2ccccc2S1. The third-order valence-corrected chi connectivity index (χ3v) is 5.38. The lowest BCUT2D eigenvalue weighted by Crippen LogP contribution is -2.25. The van der Waals surface area contributed by atoms with Crippen LogP contribution in [0.2, 0.25) is 0 Å². The summed E-state index contributed by atoms with van der Waals surface area (Å²) in [4.78, 5) is 18.1. The summed E-state index contributed by atoms with van der Waals surface area (Å²) < 4.78 is 0. The molecule has 5 heteroatoms. The molecule has 1 atom stereocenters. The summed E-state index contributed by atoms with van der Waals surface area (Å²) in [6.45, 7) is 1.01. The fourth-order valence-electron chi connectivity index (χ4n) is 2.70. The fraction of sp³-hybridized carbons (Fsp3) is 0.250. The average molecular weight is 353 g/mol. The highest BCUT2D eigenvalue weighted by Gasteiger charge is 2.23. The van der Waals surface area contributed by atoms with Gasteiger partial charge in [-0.25, -0.2) is 0 Å². The maximum Gasteiger partial charge on any atom is 0.262 e. The van der Waals surface area contributed by atoms with Gasteiger partial charge in [0.2, 0.25) is 0 Å². The molecule has 0 fully saturated rings. The van der Waals surface area contributed by atoms with Crippen molar-refractivity contribution in [1.29, 1.82) is 0 Å². The van der Waals surface area contributed by atoms with Crippen LogP contribution in [0.5, 0.6) is 0 Å². The number of fused-ring (bicyclic) bond motifs is 1. The van der Waals surface area contributed by atoms with Crippen LogP contribution in [0, 0.1) is 0 Å². The number of thioether (sulfide) groups is 1. The first-order chi connectivity index (χ1) is 12.0. The van der Waals surface area contributed by atoms with Crippen LogP contribution in [-0.2, 0) is 0 Å².